The monoisotopic (exact) mass is 376 g/mol. The molecular weight excluding hydrogens is 348 g/mol. The minimum atomic E-state index is -0.882. The van der Waals surface area contributed by atoms with Crippen LogP contribution in [0.2, 0.25) is 0 Å². The molecule has 4 atom stereocenters. The van der Waals surface area contributed by atoms with Gasteiger partial charge in [-0.3, -0.25) is 4.79 Å². The summed E-state index contributed by atoms with van der Waals surface area (Å²) in [6.45, 7) is 4.96. The minimum absolute atomic E-state index is 0.0366. The van der Waals surface area contributed by atoms with Crippen LogP contribution < -0.4 is 10.6 Å². The molecule has 1 aromatic carbocycles. The normalized spacial score (nSPS) is 28.6. The highest BCUT2D eigenvalue weighted by Gasteiger charge is 2.52. The van der Waals surface area contributed by atoms with Gasteiger partial charge in [0, 0.05) is 25.3 Å². The zero-order chi connectivity index (χ0) is 19.6. The van der Waals surface area contributed by atoms with Gasteiger partial charge >= 0.3 is 12.0 Å². The van der Waals surface area contributed by atoms with Crippen molar-refractivity contribution in [3.63, 3.8) is 0 Å². The Morgan fingerprint density at radius 2 is 1.89 bits per heavy atom. The maximum absolute atomic E-state index is 12.2. The van der Waals surface area contributed by atoms with Gasteiger partial charge in [0.2, 0.25) is 0 Å². The summed E-state index contributed by atoms with van der Waals surface area (Å²) in [7, 11) is 1.67. The van der Waals surface area contributed by atoms with E-state index in [0.29, 0.717) is 29.6 Å². The first-order valence-electron chi connectivity index (χ1n) is 9.31. The van der Waals surface area contributed by atoms with E-state index < -0.39 is 5.97 Å². The number of hydrogen-bond donors (Lipinski definition) is 3. The van der Waals surface area contributed by atoms with Crippen LogP contribution in [0.1, 0.15) is 32.3 Å². The number of carbonyl (C=O) groups is 2. The number of rotatable bonds is 6. The molecule has 3 rings (SSSR count). The van der Waals surface area contributed by atoms with Crippen LogP contribution in [-0.4, -0.2) is 43.2 Å². The number of urea groups is 1. The van der Waals surface area contributed by atoms with Crippen molar-refractivity contribution in [3.05, 3.63) is 29.8 Å². The molecule has 2 aliphatic rings. The fraction of sp³-hybridized carbons (Fsp3) is 0.600. The van der Waals surface area contributed by atoms with E-state index in [1.807, 2.05) is 0 Å². The Hall–Kier alpha value is -2.12. The van der Waals surface area contributed by atoms with E-state index in [0.717, 1.165) is 12.8 Å². The van der Waals surface area contributed by atoms with Gasteiger partial charge in [-0.2, -0.15) is 0 Å². The van der Waals surface area contributed by atoms with Gasteiger partial charge in [0.1, 0.15) is 0 Å². The minimum Gasteiger partial charge on any atom is -0.481 e. The molecule has 0 spiro atoms. The molecule has 1 saturated carbocycles. The maximum Gasteiger partial charge on any atom is 0.319 e. The summed E-state index contributed by atoms with van der Waals surface area (Å²) in [6.07, 6.45) is 1.85. The Balaban J connectivity index is 1.51. The molecule has 1 aromatic rings. The van der Waals surface area contributed by atoms with E-state index in [2.05, 4.69) is 24.5 Å². The Morgan fingerprint density at radius 3 is 2.52 bits per heavy atom. The van der Waals surface area contributed by atoms with Crippen molar-refractivity contribution < 1.29 is 24.2 Å². The third-order valence-corrected chi connectivity index (χ3v) is 5.53. The van der Waals surface area contributed by atoms with Crippen molar-refractivity contribution in [2.75, 3.05) is 19.0 Å². The lowest BCUT2D eigenvalue weighted by molar-refractivity contribution is -0.136. The molecule has 148 valence electrons. The highest BCUT2D eigenvalue weighted by molar-refractivity contribution is 5.89. The van der Waals surface area contributed by atoms with Crippen LogP contribution in [0.25, 0.3) is 0 Å². The molecule has 0 aromatic heterocycles. The molecule has 3 N–H and O–H groups in total. The zero-order valence-corrected chi connectivity index (χ0v) is 16.0. The predicted octanol–water partition coefficient (Wildman–Crippen LogP) is 2.86. The first kappa shape index (κ1) is 19.6. The maximum atomic E-state index is 12.2. The first-order valence-corrected chi connectivity index (χ1v) is 9.31. The van der Waals surface area contributed by atoms with Gasteiger partial charge in [0.25, 0.3) is 0 Å². The van der Waals surface area contributed by atoms with Gasteiger partial charge in [-0.05, 0) is 41.9 Å². The number of carboxylic acid groups (broad SMARTS) is 1. The molecule has 1 aliphatic carbocycles. The summed E-state index contributed by atoms with van der Waals surface area (Å²) in [5.74, 6) is -0.116. The van der Waals surface area contributed by atoms with E-state index >= 15 is 0 Å². The van der Waals surface area contributed by atoms with E-state index in [1.165, 1.54) is 0 Å². The standard InChI is InChI=1S/C20H28N2O5/c1-20(2)9-14-15(10-20)18(26-3)27-16(14)11-21-19(25)22-13-6-4-12(5-7-13)8-17(23)24/h4-7,14-16,18H,8-11H2,1-3H3,(H,23,24)(H2,21,22,25)/t14-,15+,16-,18+/m1/s1. The topological polar surface area (TPSA) is 96.9 Å². The van der Waals surface area contributed by atoms with Crippen LogP contribution in [0.15, 0.2) is 24.3 Å². The molecule has 7 nitrogen and oxygen atoms in total. The number of benzene rings is 1. The third kappa shape index (κ3) is 4.78. The van der Waals surface area contributed by atoms with Gasteiger partial charge in [-0.15, -0.1) is 0 Å². The molecule has 0 radical (unpaired) electrons. The predicted molar refractivity (Wildman–Crippen MR) is 100 cm³/mol. The van der Waals surface area contributed by atoms with E-state index in [-0.39, 0.29) is 30.3 Å². The van der Waals surface area contributed by atoms with Crippen LogP contribution in [0, 0.1) is 17.3 Å². The number of carboxylic acids is 1. The van der Waals surface area contributed by atoms with Crippen molar-refractivity contribution in [1.82, 2.24) is 5.32 Å². The molecule has 0 unspecified atom stereocenters. The number of carbonyl (C=O) groups excluding carboxylic acids is 1. The van der Waals surface area contributed by atoms with Crippen molar-refractivity contribution in [3.8, 4) is 0 Å². The highest BCUT2D eigenvalue weighted by Crippen LogP contribution is 2.52. The Kier molecular flexibility index (Phi) is 5.72. The SMILES string of the molecule is CO[C@H]1O[C@H](CNC(=O)Nc2ccc(CC(=O)O)cc2)[C@@H]2CC(C)(C)C[C@H]12. The fourth-order valence-corrected chi connectivity index (χ4v) is 4.42. The number of aliphatic carboxylic acids is 1. The summed E-state index contributed by atoms with van der Waals surface area (Å²) in [4.78, 5) is 22.9. The second kappa shape index (κ2) is 7.86. The van der Waals surface area contributed by atoms with E-state index in [4.69, 9.17) is 14.6 Å². The second-order valence-electron chi connectivity index (χ2n) is 8.28. The lowest BCUT2D eigenvalue weighted by atomic mass is 9.89. The van der Waals surface area contributed by atoms with Gasteiger partial charge in [0.15, 0.2) is 6.29 Å². The smallest absolute Gasteiger partial charge is 0.319 e. The number of amides is 2. The molecule has 2 amide bonds. The van der Waals surface area contributed by atoms with Crippen LogP contribution >= 0.6 is 0 Å². The lowest BCUT2D eigenvalue weighted by Crippen LogP contribution is -2.38. The van der Waals surface area contributed by atoms with E-state index in [9.17, 15) is 9.59 Å². The second-order valence-corrected chi connectivity index (χ2v) is 8.28. The molecule has 1 heterocycles. The number of ether oxygens (including phenoxy) is 2. The van der Waals surface area contributed by atoms with Crippen molar-refractivity contribution >= 4 is 17.7 Å². The van der Waals surface area contributed by atoms with Crippen LogP contribution in [0.4, 0.5) is 10.5 Å². The fourth-order valence-electron chi connectivity index (χ4n) is 4.42. The Labute approximate surface area is 159 Å². The molecule has 27 heavy (non-hydrogen) atoms. The number of methoxy groups -OCH3 is 1. The summed E-state index contributed by atoms with van der Waals surface area (Å²) in [5, 5.41) is 14.4. The van der Waals surface area contributed by atoms with Crippen LogP contribution in [-0.2, 0) is 20.7 Å². The zero-order valence-electron chi connectivity index (χ0n) is 16.0. The number of nitrogens with one attached hydrogen (secondary N) is 2. The number of fused-ring (bicyclic) bond motifs is 1. The largest absolute Gasteiger partial charge is 0.481 e. The summed E-state index contributed by atoms with van der Waals surface area (Å²) < 4.78 is 11.5. The lowest BCUT2D eigenvalue weighted by Gasteiger charge is -2.23. The van der Waals surface area contributed by atoms with Gasteiger partial charge in [-0.25, -0.2) is 4.79 Å². The Morgan fingerprint density at radius 1 is 1.22 bits per heavy atom. The van der Waals surface area contributed by atoms with Gasteiger partial charge < -0.3 is 25.2 Å². The summed E-state index contributed by atoms with van der Waals surface area (Å²) in [6, 6.07) is 6.47. The molecular formula is C20H28N2O5. The van der Waals surface area contributed by atoms with E-state index in [1.54, 1.807) is 31.4 Å². The summed E-state index contributed by atoms with van der Waals surface area (Å²) in [5.41, 5.74) is 1.57. The number of anilines is 1. The highest BCUT2D eigenvalue weighted by atomic mass is 16.7. The Bertz CT molecular complexity index is 688. The average molecular weight is 376 g/mol. The molecule has 0 bridgehead atoms. The number of hydrogen-bond acceptors (Lipinski definition) is 4. The van der Waals surface area contributed by atoms with Crippen molar-refractivity contribution in [1.29, 1.82) is 0 Å². The average Bonchev–Trinajstić information content (AvgIpc) is 3.07. The molecule has 1 aliphatic heterocycles. The van der Waals surface area contributed by atoms with Crippen molar-refractivity contribution in [2.24, 2.45) is 17.3 Å². The van der Waals surface area contributed by atoms with Crippen LogP contribution in [0.5, 0.6) is 0 Å². The third-order valence-electron chi connectivity index (χ3n) is 5.53. The molecule has 7 heteroatoms. The van der Waals surface area contributed by atoms with Gasteiger partial charge in [-0.1, -0.05) is 26.0 Å². The molecule has 2 fully saturated rings. The quantitative estimate of drug-likeness (QED) is 0.709. The first-order chi connectivity index (χ1) is 12.8. The summed E-state index contributed by atoms with van der Waals surface area (Å²) >= 11 is 0. The molecule has 1 saturated heterocycles. The van der Waals surface area contributed by atoms with Gasteiger partial charge in [0.05, 0.1) is 12.5 Å². The van der Waals surface area contributed by atoms with Crippen LogP contribution in [0.3, 0.4) is 0 Å². The van der Waals surface area contributed by atoms with Crippen molar-refractivity contribution in [2.45, 2.75) is 45.5 Å².